The van der Waals surface area contributed by atoms with Crippen LogP contribution < -0.4 is 10.6 Å². The standard InChI is InChI=1S/C19H26ClFN2O/c1-12(6-13-4-2-3-5-13)22-17-10-18(11-17)23-19(24)14-7-15(20)9-16(21)8-14/h7-9,12-13,17-18,22H,2-6,10-11H2,1H3,(H,23,24)/t12-,17-,18-/m0/s1. The van der Waals surface area contributed by atoms with E-state index in [0.29, 0.717) is 12.1 Å². The van der Waals surface area contributed by atoms with E-state index in [0.717, 1.165) is 18.8 Å². The maximum absolute atomic E-state index is 13.3. The molecule has 0 bridgehead atoms. The van der Waals surface area contributed by atoms with Gasteiger partial charge in [-0.2, -0.15) is 0 Å². The molecule has 1 aromatic carbocycles. The van der Waals surface area contributed by atoms with Crippen LogP contribution in [0.5, 0.6) is 0 Å². The van der Waals surface area contributed by atoms with Crippen molar-refractivity contribution in [2.24, 2.45) is 5.92 Å². The number of carbonyl (C=O) groups is 1. The SMILES string of the molecule is C[C@@H](CC1CCCC1)N[C@H]1C[C@H](NC(=O)c2cc(F)cc(Cl)c2)C1. The molecule has 132 valence electrons. The van der Waals surface area contributed by atoms with Crippen molar-refractivity contribution in [3.8, 4) is 0 Å². The maximum Gasteiger partial charge on any atom is 0.251 e. The normalized spacial score (nSPS) is 25.3. The second-order valence-electron chi connectivity index (χ2n) is 7.45. The minimum Gasteiger partial charge on any atom is -0.349 e. The summed E-state index contributed by atoms with van der Waals surface area (Å²) >= 11 is 5.80. The van der Waals surface area contributed by atoms with Crippen molar-refractivity contribution in [3.05, 3.63) is 34.6 Å². The van der Waals surface area contributed by atoms with Crippen LogP contribution in [0.15, 0.2) is 18.2 Å². The molecule has 2 N–H and O–H groups in total. The van der Waals surface area contributed by atoms with E-state index in [9.17, 15) is 9.18 Å². The van der Waals surface area contributed by atoms with E-state index < -0.39 is 5.82 Å². The Morgan fingerprint density at radius 3 is 2.62 bits per heavy atom. The van der Waals surface area contributed by atoms with Crippen LogP contribution in [0.2, 0.25) is 5.02 Å². The third-order valence-corrected chi connectivity index (χ3v) is 5.50. The molecule has 24 heavy (non-hydrogen) atoms. The Morgan fingerprint density at radius 1 is 1.25 bits per heavy atom. The first kappa shape index (κ1) is 17.7. The number of nitrogens with one attached hydrogen (secondary N) is 2. The zero-order valence-electron chi connectivity index (χ0n) is 14.2. The Hall–Kier alpha value is -1.13. The smallest absolute Gasteiger partial charge is 0.251 e. The molecule has 2 aliphatic rings. The summed E-state index contributed by atoms with van der Waals surface area (Å²) in [4.78, 5) is 12.2. The molecule has 0 heterocycles. The molecule has 3 rings (SSSR count). The van der Waals surface area contributed by atoms with E-state index in [-0.39, 0.29) is 22.5 Å². The lowest BCUT2D eigenvalue weighted by molar-refractivity contribution is 0.0898. The van der Waals surface area contributed by atoms with Crippen molar-refractivity contribution in [1.29, 1.82) is 0 Å². The number of hydrogen-bond acceptors (Lipinski definition) is 2. The molecule has 0 spiro atoms. The highest BCUT2D eigenvalue weighted by molar-refractivity contribution is 6.31. The van der Waals surface area contributed by atoms with Gasteiger partial charge >= 0.3 is 0 Å². The first-order valence-corrected chi connectivity index (χ1v) is 9.40. The molecule has 1 aromatic rings. The Morgan fingerprint density at radius 2 is 1.96 bits per heavy atom. The lowest BCUT2D eigenvalue weighted by atomic mass is 9.85. The maximum atomic E-state index is 13.3. The molecule has 0 saturated heterocycles. The van der Waals surface area contributed by atoms with Crippen LogP contribution in [0.3, 0.4) is 0 Å². The highest BCUT2D eigenvalue weighted by atomic mass is 35.5. The van der Waals surface area contributed by atoms with Gasteiger partial charge in [-0.3, -0.25) is 4.79 Å². The van der Waals surface area contributed by atoms with Crippen molar-refractivity contribution >= 4 is 17.5 Å². The molecule has 3 nitrogen and oxygen atoms in total. The van der Waals surface area contributed by atoms with E-state index >= 15 is 0 Å². The molecule has 1 atom stereocenters. The first-order valence-electron chi connectivity index (χ1n) is 9.02. The summed E-state index contributed by atoms with van der Waals surface area (Å²) in [5.74, 6) is 0.154. The summed E-state index contributed by atoms with van der Waals surface area (Å²) in [6.07, 6.45) is 8.66. The minimum absolute atomic E-state index is 0.163. The van der Waals surface area contributed by atoms with Crippen LogP contribution in [-0.2, 0) is 0 Å². The van der Waals surface area contributed by atoms with Gasteiger partial charge in [-0.15, -0.1) is 0 Å². The first-order chi connectivity index (χ1) is 11.5. The molecular weight excluding hydrogens is 327 g/mol. The summed E-state index contributed by atoms with van der Waals surface area (Å²) in [6.45, 7) is 2.26. The van der Waals surface area contributed by atoms with Gasteiger partial charge in [-0.05, 0) is 50.3 Å². The Balaban J connectivity index is 1.39. The van der Waals surface area contributed by atoms with Crippen molar-refractivity contribution in [3.63, 3.8) is 0 Å². The predicted molar refractivity (Wildman–Crippen MR) is 94.9 cm³/mol. The lowest BCUT2D eigenvalue weighted by Crippen LogP contribution is -2.54. The minimum atomic E-state index is -0.485. The third kappa shape index (κ3) is 4.70. The number of hydrogen-bond donors (Lipinski definition) is 2. The summed E-state index contributed by atoms with van der Waals surface area (Å²) in [5.41, 5.74) is 0.283. The highest BCUT2D eigenvalue weighted by Crippen LogP contribution is 2.29. The predicted octanol–water partition coefficient (Wildman–Crippen LogP) is 4.30. The van der Waals surface area contributed by atoms with Crippen LogP contribution >= 0.6 is 11.6 Å². The Bertz CT molecular complexity index is 562. The molecule has 0 radical (unpaired) electrons. The summed E-state index contributed by atoms with van der Waals surface area (Å²) in [6, 6.07) is 5.10. The molecule has 0 aromatic heterocycles. The number of halogens is 2. The number of carbonyl (C=O) groups excluding carboxylic acids is 1. The number of amides is 1. The van der Waals surface area contributed by atoms with E-state index in [1.54, 1.807) is 0 Å². The van der Waals surface area contributed by atoms with Gasteiger partial charge in [0, 0.05) is 28.7 Å². The molecule has 0 unspecified atom stereocenters. The fraction of sp³-hybridized carbons (Fsp3) is 0.632. The van der Waals surface area contributed by atoms with E-state index in [1.165, 1.54) is 50.3 Å². The van der Waals surface area contributed by atoms with Gasteiger partial charge in [0.25, 0.3) is 5.91 Å². The van der Waals surface area contributed by atoms with Crippen LogP contribution in [0.4, 0.5) is 4.39 Å². The van der Waals surface area contributed by atoms with E-state index in [4.69, 9.17) is 11.6 Å². The van der Waals surface area contributed by atoms with Crippen LogP contribution in [0, 0.1) is 11.7 Å². The van der Waals surface area contributed by atoms with Crippen molar-refractivity contribution in [2.75, 3.05) is 0 Å². The molecule has 2 aliphatic carbocycles. The van der Waals surface area contributed by atoms with Crippen molar-refractivity contribution < 1.29 is 9.18 Å². The molecular formula is C19H26ClFN2O. The molecule has 5 heteroatoms. The van der Waals surface area contributed by atoms with E-state index in [2.05, 4.69) is 17.6 Å². The molecule has 2 saturated carbocycles. The summed E-state index contributed by atoms with van der Waals surface area (Å²) in [5, 5.41) is 6.88. The lowest BCUT2D eigenvalue weighted by Gasteiger charge is -2.38. The average molecular weight is 353 g/mol. The highest BCUT2D eigenvalue weighted by Gasteiger charge is 2.31. The van der Waals surface area contributed by atoms with Gasteiger partial charge in [0.2, 0.25) is 0 Å². The second-order valence-corrected chi connectivity index (χ2v) is 7.89. The summed E-state index contributed by atoms with van der Waals surface area (Å²) in [7, 11) is 0. The fourth-order valence-electron chi connectivity index (χ4n) is 4.04. The zero-order valence-corrected chi connectivity index (χ0v) is 14.9. The quantitative estimate of drug-likeness (QED) is 0.801. The van der Waals surface area contributed by atoms with Gasteiger partial charge in [-0.25, -0.2) is 4.39 Å². The van der Waals surface area contributed by atoms with Gasteiger partial charge in [0.1, 0.15) is 5.82 Å². The average Bonchev–Trinajstić information content (AvgIpc) is 2.96. The molecule has 0 aliphatic heterocycles. The Labute approximate surface area is 148 Å². The van der Waals surface area contributed by atoms with Crippen molar-refractivity contribution in [1.82, 2.24) is 10.6 Å². The topological polar surface area (TPSA) is 41.1 Å². The fourth-order valence-corrected chi connectivity index (χ4v) is 4.26. The zero-order chi connectivity index (χ0) is 17.1. The number of rotatable bonds is 6. The molecule has 1 amide bonds. The number of benzene rings is 1. The Kier molecular flexibility index (Phi) is 5.77. The van der Waals surface area contributed by atoms with Gasteiger partial charge in [0.15, 0.2) is 0 Å². The van der Waals surface area contributed by atoms with Crippen LogP contribution in [-0.4, -0.2) is 24.0 Å². The molecule has 2 fully saturated rings. The van der Waals surface area contributed by atoms with Crippen LogP contribution in [0.25, 0.3) is 0 Å². The monoisotopic (exact) mass is 352 g/mol. The summed E-state index contributed by atoms with van der Waals surface area (Å²) < 4.78 is 13.3. The third-order valence-electron chi connectivity index (χ3n) is 5.28. The largest absolute Gasteiger partial charge is 0.349 e. The van der Waals surface area contributed by atoms with Gasteiger partial charge in [-0.1, -0.05) is 37.3 Å². The van der Waals surface area contributed by atoms with E-state index in [1.807, 2.05) is 0 Å². The van der Waals surface area contributed by atoms with Gasteiger partial charge in [0.05, 0.1) is 0 Å². The van der Waals surface area contributed by atoms with Crippen molar-refractivity contribution in [2.45, 2.75) is 70.0 Å². The second kappa shape index (κ2) is 7.83. The van der Waals surface area contributed by atoms with Crippen LogP contribution in [0.1, 0.15) is 62.2 Å². The van der Waals surface area contributed by atoms with Gasteiger partial charge < -0.3 is 10.6 Å².